The van der Waals surface area contributed by atoms with Crippen LogP contribution in [0.3, 0.4) is 0 Å². The zero-order valence-corrected chi connectivity index (χ0v) is 25.1. The molecule has 0 spiro atoms. The van der Waals surface area contributed by atoms with Crippen LogP contribution in [0.5, 0.6) is 0 Å². The summed E-state index contributed by atoms with van der Waals surface area (Å²) in [5.74, 6) is 7.03. The SMILES string of the molecule is C=C/C=C\C/C=C(\CCl)CNc1c(N)nc(Sc2ccc3ccccc3c2)n(C)c1=O.CC[C@@H]1CCCN(N)C1. The number of anilines is 2. The number of piperidine rings is 1. The van der Waals surface area contributed by atoms with Crippen molar-refractivity contribution in [3.05, 3.63) is 89.3 Å². The van der Waals surface area contributed by atoms with Crippen molar-refractivity contribution in [3.63, 3.8) is 0 Å². The van der Waals surface area contributed by atoms with E-state index in [0.29, 0.717) is 17.6 Å². The lowest BCUT2D eigenvalue weighted by Crippen LogP contribution is -2.40. The van der Waals surface area contributed by atoms with Crippen LogP contribution in [0, 0.1) is 5.92 Å². The van der Waals surface area contributed by atoms with Crippen molar-refractivity contribution in [1.29, 1.82) is 0 Å². The minimum atomic E-state index is -0.226. The molecule has 2 aromatic carbocycles. The van der Waals surface area contributed by atoms with Crippen LogP contribution in [0.25, 0.3) is 10.8 Å². The summed E-state index contributed by atoms with van der Waals surface area (Å²) in [5.41, 5.74) is 7.15. The Balaban J connectivity index is 0.000000415. The van der Waals surface area contributed by atoms with Gasteiger partial charge in [0.1, 0.15) is 5.69 Å². The van der Waals surface area contributed by atoms with Crippen LogP contribution < -0.4 is 22.5 Å². The molecule has 5 N–H and O–H groups in total. The maximum Gasteiger partial charge on any atom is 0.279 e. The van der Waals surface area contributed by atoms with Crippen LogP contribution in [-0.4, -0.2) is 40.1 Å². The lowest BCUT2D eigenvalue weighted by Gasteiger charge is -2.28. The minimum Gasteiger partial charge on any atom is -0.382 e. The number of benzene rings is 2. The van der Waals surface area contributed by atoms with Gasteiger partial charge in [0.05, 0.1) is 0 Å². The summed E-state index contributed by atoms with van der Waals surface area (Å²) in [7, 11) is 1.70. The number of halogens is 1. The molecule has 1 aromatic heterocycles. The van der Waals surface area contributed by atoms with Gasteiger partial charge in [-0.3, -0.25) is 15.2 Å². The van der Waals surface area contributed by atoms with E-state index in [2.05, 4.69) is 48.1 Å². The summed E-state index contributed by atoms with van der Waals surface area (Å²) in [4.78, 5) is 18.4. The fourth-order valence-electron chi connectivity index (χ4n) is 4.41. The first-order valence-corrected chi connectivity index (χ1v) is 15.0. The number of hydrazine groups is 1. The summed E-state index contributed by atoms with van der Waals surface area (Å²) in [6.45, 7) is 8.50. The number of aromatic nitrogens is 2. The molecule has 0 bridgehead atoms. The number of alkyl halides is 1. The molecular weight excluding hydrogens is 540 g/mol. The monoisotopic (exact) mass is 580 g/mol. The zero-order chi connectivity index (χ0) is 28.9. The fourth-order valence-corrected chi connectivity index (χ4v) is 5.51. The van der Waals surface area contributed by atoms with Crippen molar-refractivity contribution < 1.29 is 0 Å². The number of nitrogens with one attached hydrogen (secondary N) is 1. The summed E-state index contributed by atoms with van der Waals surface area (Å²) >= 11 is 7.43. The molecule has 0 radical (unpaired) electrons. The highest BCUT2D eigenvalue weighted by Gasteiger charge is 2.15. The molecule has 0 unspecified atom stereocenters. The molecule has 7 nitrogen and oxygen atoms in total. The first-order chi connectivity index (χ1) is 19.4. The van der Waals surface area contributed by atoms with Gasteiger partial charge in [0.25, 0.3) is 5.56 Å². The van der Waals surface area contributed by atoms with Crippen LogP contribution in [0.15, 0.2) is 93.8 Å². The Morgan fingerprint density at radius 2 is 2.05 bits per heavy atom. The highest BCUT2D eigenvalue weighted by molar-refractivity contribution is 7.99. The molecule has 4 rings (SSSR count). The van der Waals surface area contributed by atoms with E-state index in [-0.39, 0.29) is 17.1 Å². The van der Waals surface area contributed by atoms with Gasteiger partial charge in [-0.25, -0.2) is 9.99 Å². The number of allylic oxidation sites excluding steroid dienone is 4. The summed E-state index contributed by atoms with van der Waals surface area (Å²) in [6.07, 6.45) is 12.3. The van der Waals surface area contributed by atoms with Crippen molar-refractivity contribution in [2.24, 2.45) is 18.8 Å². The molecule has 1 fully saturated rings. The Morgan fingerprint density at radius 1 is 1.27 bits per heavy atom. The summed E-state index contributed by atoms with van der Waals surface area (Å²) in [5, 5.41) is 7.87. The van der Waals surface area contributed by atoms with Gasteiger partial charge < -0.3 is 11.1 Å². The average molecular weight is 581 g/mol. The normalized spacial score (nSPS) is 16.1. The average Bonchev–Trinajstić information content (AvgIpc) is 2.97. The van der Waals surface area contributed by atoms with Gasteiger partial charge in [0.15, 0.2) is 11.0 Å². The third-order valence-electron chi connectivity index (χ3n) is 6.81. The number of hydrogen-bond acceptors (Lipinski definition) is 7. The molecule has 0 amide bonds. The fraction of sp³-hybridized carbons (Fsp3) is 0.355. The van der Waals surface area contributed by atoms with Crippen molar-refractivity contribution in [1.82, 2.24) is 14.6 Å². The van der Waals surface area contributed by atoms with Crippen molar-refractivity contribution in [2.45, 2.75) is 42.7 Å². The van der Waals surface area contributed by atoms with Crippen LogP contribution >= 0.6 is 23.4 Å². The molecule has 3 aromatic rings. The zero-order valence-electron chi connectivity index (χ0n) is 23.5. The van der Waals surface area contributed by atoms with Crippen molar-refractivity contribution in [3.8, 4) is 0 Å². The Kier molecular flexibility index (Phi) is 12.8. The Labute approximate surface area is 247 Å². The molecular formula is C31H41ClN6OS. The minimum absolute atomic E-state index is 0.173. The lowest BCUT2D eigenvalue weighted by atomic mass is 9.97. The van der Waals surface area contributed by atoms with Gasteiger partial charge in [0.2, 0.25) is 0 Å². The van der Waals surface area contributed by atoms with Gasteiger partial charge >= 0.3 is 0 Å². The van der Waals surface area contributed by atoms with E-state index in [1.165, 1.54) is 35.6 Å². The molecule has 1 atom stereocenters. The van der Waals surface area contributed by atoms with Gasteiger partial charge in [-0.15, -0.1) is 11.6 Å². The number of hydrogen-bond donors (Lipinski definition) is 3. The number of nitrogen functional groups attached to an aromatic ring is 1. The van der Waals surface area contributed by atoms with Crippen LogP contribution in [0.1, 0.15) is 32.6 Å². The lowest BCUT2D eigenvalue weighted by molar-refractivity contribution is 0.175. The molecule has 0 aliphatic carbocycles. The third kappa shape index (κ3) is 9.27. The number of fused-ring (bicyclic) bond motifs is 1. The van der Waals surface area contributed by atoms with Crippen LogP contribution in [0.4, 0.5) is 11.5 Å². The first kappa shape index (κ1) is 31.5. The maximum atomic E-state index is 12.9. The molecule has 1 saturated heterocycles. The summed E-state index contributed by atoms with van der Waals surface area (Å²) < 4.78 is 1.51. The number of nitrogens with zero attached hydrogens (tertiary/aromatic N) is 3. The molecule has 1 aliphatic rings. The quantitative estimate of drug-likeness (QED) is 0.0843. The third-order valence-corrected chi connectivity index (χ3v) is 8.19. The van der Waals surface area contributed by atoms with Crippen LogP contribution in [-0.2, 0) is 7.05 Å². The summed E-state index contributed by atoms with van der Waals surface area (Å²) in [6, 6.07) is 14.3. The second-order valence-electron chi connectivity index (χ2n) is 9.79. The first-order valence-electron chi connectivity index (χ1n) is 13.6. The van der Waals surface area contributed by atoms with Gasteiger partial charge in [0, 0.05) is 37.5 Å². The van der Waals surface area contributed by atoms with E-state index in [4.69, 9.17) is 23.2 Å². The molecule has 2 heterocycles. The number of rotatable bonds is 10. The second kappa shape index (κ2) is 16.3. The van der Waals surface area contributed by atoms with E-state index in [9.17, 15) is 4.79 Å². The predicted octanol–water partition coefficient (Wildman–Crippen LogP) is 6.36. The smallest absolute Gasteiger partial charge is 0.279 e. The second-order valence-corrected chi connectivity index (χ2v) is 11.1. The number of nitrogens with two attached hydrogens (primary N) is 2. The topological polar surface area (TPSA) is 102 Å². The van der Waals surface area contributed by atoms with E-state index >= 15 is 0 Å². The Morgan fingerprint density at radius 3 is 2.73 bits per heavy atom. The maximum absolute atomic E-state index is 12.9. The van der Waals surface area contributed by atoms with Crippen LogP contribution in [0.2, 0.25) is 0 Å². The molecule has 40 heavy (non-hydrogen) atoms. The highest BCUT2D eigenvalue weighted by atomic mass is 35.5. The Hall–Kier alpha value is -3.04. The Bertz CT molecular complexity index is 1390. The van der Waals surface area contributed by atoms with E-state index < -0.39 is 0 Å². The predicted molar refractivity (Wildman–Crippen MR) is 172 cm³/mol. The van der Waals surface area contributed by atoms with Gasteiger partial charge in [-0.1, -0.05) is 86.3 Å². The standard InChI is InChI=1S/C24H25ClN4OS.C7H16N2/c1-3-4-5-6-9-17(15-25)16-27-21-22(26)28-24(29(2)23(21)30)31-20-13-12-18-10-7-8-11-19(18)14-20;1-2-7-4-3-5-9(8)6-7/h3-5,7-14,27H,1,6,15-16,26H2,2H3;7H,2-6,8H2,1H3/b5-4-,17-9+;/t;7-/m.1/s1. The largest absolute Gasteiger partial charge is 0.382 e. The van der Waals surface area contributed by atoms with Gasteiger partial charge in [-0.2, -0.15) is 0 Å². The van der Waals surface area contributed by atoms with Crippen molar-refractivity contribution >= 4 is 45.6 Å². The van der Waals surface area contributed by atoms with E-state index in [1.807, 2.05) is 41.4 Å². The molecule has 1 aliphatic heterocycles. The van der Waals surface area contributed by atoms with E-state index in [0.717, 1.165) is 46.7 Å². The highest BCUT2D eigenvalue weighted by Crippen LogP contribution is 2.29. The molecule has 9 heteroatoms. The van der Waals surface area contributed by atoms with Crippen molar-refractivity contribution in [2.75, 3.05) is 36.6 Å². The van der Waals surface area contributed by atoms with Gasteiger partial charge in [-0.05, 0) is 53.7 Å². The van der Waals surface area contributed by atoms with E-state index in [1.54, 1.807) is 13.1 Å². The molecule has 214 valence electrons. The molecule has 0 saturated carbocycles.